The zero-order valence-electron chi connectivity index (χ0n) is 15.6. The quantitative estimate of drug-likeness (QED) is 0.634. The first-order valence-electron chi connectivity index (χ1n) is 9.54. The predicted molar refractivity (Wildman–Crippen MR) is 101 cm³/mol. The lowest BCUT2D eigenvalue weighted by Crippen LogP contribution is -2.42. The molecule has 0 spiro atoms. The van der Waals surface area contributed by atoms with Gasteiger partial charge < -0.3 is 20.6 Å². The molecule has 25 heavy (non-hydrogen) atoms. The minimum Gasteiger partial charge on any atom is -0.388 e. The molecule has 1 aromatic carbocycles. The number of carbonyl (C=O) groups is 1. The minimum absolute atomic E-state index is 0.0845. The van der Waals surface area contributed by atoms with Gasteiger partial charge in [0, 0.05) is 12.6 Å². The molecular weight excluding hydrogens is 314 g/mol. The number of rotatable bonds is 8. The molecule has 2 amide bonds. The molecule has 1 fully saturated rings. The van der Waals surface area contributed by atoms with Crippen molar-refractivity contribution in [3.63, 3.8) is 0 Å². The van der Waals surface area contributed by atoms with E-state index in [0.29, 0.717) is 13.0 Å². The molecule has 0 saturated carbocycles. The Balaban J connectivity index is 1.56. The Morgan fingerprint density at radius 2 is 1.96 bits per heavy atom. The molecule has 0 bridgehead atoms. The Bertz CT molecular complexity index is 501. The molecule has 2 rings (SSSR count). The summed E-state index contributed by atoms with van der Waals surface area (Å²) in [4.78, 5) is 14.4. The summed E-state index contributed by atoms with van der Waals surface area (Å²) in [6.07, 6.45) is 3.49. The molecule has 1 heterocycles. The van der Waals surface area contributed by atoms with Crippen LogP contribution in [0.4, 0.5) is 4.79 Å². The van der Waals surface area contributed by atoms with Crippen LogP contribution in [0.3, 0.4) is 0 Å². The second-order valence-corrected chi connectivity index (χ2v) is 7.34. The summed E-state index contributed by atoms with van der Waals surface area (Å²) in [5, 5.41) is 16.0. The Labute approximate surface area is 151 Å². The van der Waals surface area contributed by atoms with Crippen molar-refractivity contribution in [3.8, 4) is 0 Å². The van der Waals surface area contributed by atoms with E-state index >= 15 is 0 Å². The lowest BCUT2D eigenvalue weighted by molar-refractivity contribution is 0.154. The number of aliphatic hydroxyl groups excluding tert-OH is 1. The fourth-order valence-electron chi connectivity index (χ4n) is 3.27. The van der Waals surface area contributed by atoms with Crippen LogP contribution >= 0.6 is 0 Å². The van der Waals surface area contributed by atoms with Crippen molar-refractivity contribution in [3.05, 3.63) is 35.9 Å². The maximum absolute atomic E-state index is 11.9. The maximum atomic E-state index is 11.9. The normalized spacial score (nSPS) is 18.5. The third kappa shape index (κ3) is 7.45. The van der Waals surface area contributed by atoms with E-state index in [9.17, 15) is 9.90 Å². The average molecular weight is 348 g/mol. The van der Waals surface area contributed by atoms with Crippen LogP contribution in [0.2, 0.25) is 0 Å². The van der Waals surface area contributed by atoms with Crippen molar-refractivity contribution in [2.45, 2.75) is 51.7 Å². The number of hydrogen-bond acceptors (Lipinski definition) is 3. The van der Waals surface area contributed by atoms with Crippen LogP contribution in [0.1, 0.15) is 51.2 Å². The molecule has 2 atom stereocenters. The second-order valence-electron chi connectivity index (χ2n) is 7.34. The highest BCUT2D eigenvalue weighted by molar-refractivity contribution is 5.74. The van der Waals surface area contributed by atoms with Gasteiger partial charge in [0.05, 0.1) is 6.10 Å². The largest absolute Gasteiger partial charge is 0.388 e. The van der Waals surface area contributed by atoms with Gasteiger partial charge >= 0.3 is 6.03 Å². The molecule has 2 unspecified atom stereocenters. The van der Waals surface area contributed by atoms with Crippen LogP contribution in [-0.2, 0) is 0 Å². The molecule has 1 aliphatic heterocycles. The summed E-state index contributed by atoms with van der Waals surface area (Å²) >= 11 is 0. The van der Waals surface area contributed by atoms with Gasteiger partial charge in [0.15, 0.2) is 0 Å². The van der Waals surface area contributed by atoms with Crippen LogP contribution in [-0.4, -0.2) is 48.3 Å². The second kappa shape index (κ2) is 10.4. The van der Waals surface area contributed by atoms with Crippen molar-refractivity contribution in [2.75, 3.05) is 26.2 Å². The Morgan fingerprint density at radius 3 is 2.64 bits per heavy atom. The van der Waals surface area contributed by atoms with Gasteiger partial charge in [-0.15, -0.1) is 0 Å². The number of benzene rings is 1. The van der Waals surface area contributed by atoms with Gasteiger partial charge in [-0.2, -0.15) is 0 Å². The van der Waals surface area contributed by atoms with Crippen molar-refractivity contribution < 1.29 is 9.90 Å². The summed E-state index contributed by atoms with van der Waals surface area (Å²) in [7, 11) is 0. The molecule has 3 N–H and O–H groups in total. The van der Waals surface area contributed by atoms with Crippen molar-refractivity contribution in [2.24, 2.45) is 5.92 Å². The Morgan fingerprint density at radius 1 is 1.28 bits per heavy atom. The lowest BCUT2D eigenvalue weighted by Gasteiger charge is -2.30. The molecule has 0 radical (unpaired) electrons. The zero-order chi connectivity index (χ0) is 18.1. The van der Waals surface area contributed by atoms with Gasteiger partial charge in [0.25, 0.3) is 0 Å². The standard InChI is InChI=1S/C20H33N3O2/c1-16-9-13-23(14-10-16)12-6-11-21-20(25)22-17(2)15-19(24)18-7-4-3-5-8-18/h3-5,7-8,16-17,19,24H,6,9-15H2,1-2H3,(H2,21,22,25). The van der Waals surface area contributed by atoms with E-state index in [1.165, 1.54) is 25.9 Å². The summed E-state index contributed by atoms with van der Waals surface area (Å²) in [6.45, 7) is 8.34. The monoisotopic (exact) mass is 347 g/mol. The van der Waals surface area contributed by atoms with E-state index < -0.39 is 6.10 Å². The van der Waals surface area contributed by atoms with Crippen LogP contribution < -0.4 is 10.6 Å². The third-order valence-corrected chi connectivity index (χ3v) is 4.95. The van der Waals surface area contributed by atoms with Gasteiger partial charge in [-0.3, -0.25) is 0 Å². The van der Waals surface area contributed by atoms with E-state index in [1.807, 2.05) is 37.3 Å². The first-order chi connectivity index (χ1) is 12.0. The number of likely N-dealkylation sites (tertiary alicyclic amines) is 1. The predicted octanol–water partition coefficient (Wildman–Crippen LogP) is 2.92. The third-order valence-electron chi connectivity index (χ3n) is 4.95. The van der Waals surface area contributed by atoms with E-state index in [0.717, 1.165) is 24.4 Å². The molecule has 0 aliphatic carbocycles. The molecule has 1 aromatic rings. The number of amides is 2. The first kappa shape index (κ1) is 19.7. The molecule has 1 aliphatic rings. The van der Waals surface area contributed by atoms with Crippen molar-refractivity contribution >= 4 is 6.03 Å². The SMILES string of the molecule is CC1CCN(CCCNC(=O)NC(C)CC(O)c2ccccc2)CC1. The number of nitrogens with one attached hydrogen (secondary N) is 2. The van der Waals surface area contributed by atoms with Gasteiger partial charge in [-0.25, -0.2) is 4.79 Å². The highest BCUT2D eigenvalue weighted by atomic mass is 16.3. The summed E-state index contributed by atoms with van der Waals surface area (Å²) in [6, 6.07) is 9.31. The fourth-order valence-corrected chi connectivity index (χ4v) is 3.27. The van der Waals surface area contributed by atoms with Gasteiger partial charge in [-0.05, 0) is 63.7 Å². The molecule has 0 aromatic heterocycles. The van der Waals surface area contributed by atoms with Gasteiger partial charge in [0.2, 0.25) is 0 Å². The van der Waals surface area contributed by atoms with E-state index in [-0.39, 0.29) is 12.1 Å². The minimum atomic E-state index is -0.557. The zero-order valence-corrected chi connectivity index (χ0v) is 15.6. The van der Waals surface area contributed by atoms with E-state index in [4.69, 9.17) is 0 Å². The van der Waals surface area contributed by atoms with Crippen LogP contribution in [0, 0.1) is 5.92 Å². The number of piperidine rings is 1. The molecule has 5 heteroatoms. The fraction of sp³-hybridized carbons (Fsp3) is 0.650. The van der Waals surface area contributed by atoms with Gasteiger partial charge in [-0.1, -0.05) is 37.3 Å². The number of carbonyl (C=O) groups excluding carboxylic acids is 1. The molecule has 5 nitrogen and oxygen atoms in total. The molecular formula is C20H33N3O2. The van der Waals surface area contributed by atoms with Crippen LogP contribution in [0.15, 0.2) is 30.3 Å². The highest BCUT2D eigenvalue weighted by Crippen LogP contribution is 2.17. The molecule has 140 valence electrons. The smallest absolute Gasteiger partial charge is 0.314 e. The number of hydrogen-bond donors (Lipinski definition) is 3. The summed E-state index contributed by atoms with van der Waals surface area (Å²) < 4.78 is 0. The summed E-state index contributed by atoms with van der Waals surface area (Å²) in [5.41, 5.74) is 0.882. The lowest BCUT2D eigenvalue weighted by atomic mass is 9.99. The van der Waals surface area contributed by atoms with E-state index in [1.54, 1.807) is 0 Å². The van der Waals surface area contributed by atoms with Crippen molar-refractivity contribution in [1.29, 1.82) is 0 Å². The van der Waals surface area contributed by atoms with Gasteiger partial charge in [0.1, 0.15) is 0 Å². The number of aliphatic hydroxyl groups is 1. The Hall–Kier alpha value is -1.59. The van der Waals surface area contributed by atoms with Crippen molar-refractivity contribution in [1.82, 2.24) is 15.5 Å². The first-order valence-corrected chi connectivity index (χ1v) is 9.54. The summed E-state index contributed by atoms with van der Waals surface area (Å²) in [5.74, 6) is 0.855. The Kier molecular flexibility index (Phi) is 8.22. The topological polar surface area (TPSA) is 64.6 Å². The number of nitrogens with zero attached hydrogens (tertiary/aromatic N) is 1. The highest BCUT2D eigenvalue weighted by Gasteiger charge is 2.16. The average Bonchev–Trinajstić information content (AvgIpc) is 2.61. The van der Waals surface area contributed by atoms with Crippen LogP contribution in [0.5, 0.6) is 0 Å². The maximum Gasteiger partial charge on any atom is 0.314 e. The molecule has 1 saturated heterocycles. The number of urea groups is 1. The van der Waals surface area contributed by atoms with Crippen LogP contribution in [0.25, 0.3) is 0 Å². The van der Waals surface area contributed by atoms with E-state index in [2.05, 4.69) is 22.5 Å².